The molecule has 0 spiro atoms. The molecule has 1 aromatic carbocycles. The Morgan fingerprint density at radius 1 is 0.967 bits per heavy atom. The van der Waals surface area contributed by atoms with Gasteiger partial charge >= 0.3 is 0 Å². The Hall–Kier alpha value is -3.42. The summed E-state index contributed by atoms with van der Waals surface area (Å²) >= 11 is 0. The quantitative estimate of drug-likeness (QED) is 0.645. The highest BCUT2D eigenvalue weighted by Crippen LogP contribution is 2.22. The zero-order valence-electron chi connectivity index (χ0n) is 18.2. The molecule has 0 unspecified atom stereocenters. The molecule has 30 heavy (non-hydrogen) atoms. The van der Waals surface area contributed by atoms with E-state index in [1.165, 1.54) is 0 Å². The van der Waals surface area contributed by atoms with Gasteiger partial charge in [-0.15, -0.1) is 0 Å². The number of ether oxygens (including phenoxy) is 2. The molecule has 2 aromatic heterocycles. The number of benzene rings is 1. The molecule has 8 heteroatoms. The van der Waals surface area contributed by atoms with Crippen molar-refractivity contribution in [3.05, 3.63) is 58.2 Å². The van der Waals surface area contributed by atoms with Crippen molar-refractivity contribution < 1.29 is 14.3 Å². The van der Waals surface area contributed by atoms with Crippen LogP contribution in [0.15, 0.2) is 24.3 Å². The van der Waals surface area contributed by atoms with Crippen LogP contribution in [0.25, 0.3) is 5.95 Å². The lowest BCUT2D eigenvalue weighted by atomic mass is 10.1. The molecule has 0 fully saturated rings. The Morgan fingerprint density at radius 2 is 1.57 bits per heavy atom. The van der Waals surface area contributed by atoms with Crippen molar-refractivity contribution in [1.82, 2.24) is 25.1 Å². The minimum Gasteiger partial charge on any atom is -0.497 e. The van der Waals surface area contributed by atoms with Crippen LogP contribution in [0.4, 0.5) is 0 Å². The molecule has 0 bridgehead atoms. The molecule has 0 saturated heterocycles. The van der Waals surface area contributed by atoms with Crippen molar-refractivity contribution in [3.63, 3.8) is 0 Å². The molecule has 1 N–H and O–H groups in total. The summed E-state index contributed by atoms with van der Waals surface area (Å²) in [6, 6.07) is 7.45. The molecule has 2 heterocycles. The number of methoxy groups -OCH3 is 2. The molecule has 3 rings (SSSR count). The zero-order chi connectivity index (χ0) is 21.8. The van der Waals surface area contributed by atoms with Crippen molar-refractivity contribution in [2.75, 3.05) is 14.2 Å². The third-order valence-corrected chi connectivity index (χ3v) is 4.84. The van der Waals surface area contributed by atoms with Gasteiger partial charge in [0.05, 0.1) is 26.3 Å². The van der Waals surface area contributed by atoms with Gasteiger partial charge in [0.2, 0.25) is 5.91 Å². The number of aryl methyl sites for hydroxylation is 3. The first-order chi connectivity index (χ1) is 14.3. The second kappa shape index (κ2) is 8.94. The lowest BCUT2D eigenvalue weighted by molar-refractivity contribution is -0.120. The lowest BCUT2D eigenvalue weighted by Gasteiger charge is -2.10. The first-order valence-corrected chi connectivity index (χ1v) is 9.67. The summed E-state index contributed by atoms with van der Waals surface area (Å²) in [5, 5.41) is 7.51. The number of rotatable bonds is 7. The number of carbonyl (C=O) groups excluding carboxylic acids is 1. The van der Waals surface area contributed by atoms with E-state index in [9.17, 15) is 4.79 Å². The Kier molecular flexibility index (Phi) is 6.34. The van der Waals surface area contributed by atoms with Crippen LogP contribution in [0.3, 0.4) is 0 Å². The van der Waals surface area contributed by atoms with Gasteiger partial charge < -0.3 is 14.8 Å². The molecular formula is C22H27N5O3. The Morgan fingerprint density at radius 3 is 2.13 bits per heavy atom. The van der Waals surface area contributed by atoms with Crippen LogP contribution >= 0.6 is 0 Å². The van der Waals surface area contributed by atoms with Crippen molar-refractivity contribution >= 4 is 5.91 Å². The minimum atomic E-state index is -0.0936. The van der Waals surface area contributed by atoms with Crippen LogP contribution in [0.1, 0.15) is 33.9 Å². The van der Waals surface area contributed by atoms with E-state index in [4.69, 9.17) is 9.47 Å². The largest absolute Gasteiger partial charge is 0.497 e. The second-order valence-corrected chi connectivity index (χ2v) is 7.19. The van der Waals surface area contributed by atoms with E-state index in [1.807, 2.05) is 45.9 Å². The SMILES string of the molecule is COc1cc(CNC(=O)Cc2c(C)nn(-c3nc(C)cc(C)n3)c2C)cc(OC)c1. The third kappa shape index (κ3) is 4.76. The average molecular weight is 409 g/mol. The van der Waals surface area contributed by atoms with Crippen molar-refractivity contribution in [2.24, 2.45) is 0 Å². The Bertz CT molecular complexity index is 1030. The van der Waals surface area contributed by atoms with Gasteiger partial charge in [0, 0.05) is 35.3 Å². The number of hydrogen-bond acceptors (Lipinski definition) is 6. The predicted octanol–water partition coefficient (Wildman–Crippen LogP) is 2.77. The van der Waals surface area contributed by atoms with Gasteiger partial charge in [0.1, 0.15) is 11.5 Å². The fraction of sp³-hybridized carbons (Fsp3) is 0.364. The van der Waals surface area contributed by atoms with E-state index >= 15 is 0 Å². The number of amides is 1. The van der Waals surface area contributed by atoms with Gasteiger partial charge in [-0.25, -0.2) is 14.6 Å². The molecule has 0 atom stereocenters. The smallest absolute Gasteiger partial charge is 0.251 e. The van der Waals surface area contributed by atoms with E-state index in [0.29, 0.717) is 24.0 Å². The van der Waals surface area contributed by atoms with Crippen LogP contribution in [-0.4, -0.2) is 39.9 Å². The molecule has 8 nitrogen and oxygen atoms in total. The van der Waals surface area contributed by atoms with Gasteiger partial charge in [0.25, 0.3) is 5.95 Å². The molecule has 0 saturated carbocycles. The maximum atomic E-state index is 12.6. The van der Waals surface area contributed by atoms with Gasteiger partial charge in [-0.2, -0.15) is 5.10 Å². The summed E-state index contributed by atoms with van der Waals surface area (Å²) in [6.45, 7) is 8.04. The fourth-order valence-electron chi connectivity index (χ4n) is 3.32. The van der Waals surface area contributed by atoms with Crippen molar-refractivity contribution in [2.45, 2.75) is 40.7 Å². The van der Waals surface area contributed by atoms with Crippen molar-refractivity contribution in [1.29, 1.82) is 0 Å². The minimum absolute atomic E-state index is 0.0936. The van der Waals surface area contributed by atoms with Gasteiger partial charge in [0.15, 0.2) is 0 Å². The monoisotopic (exact) mass is 409 g/mol. The Balaban J connectivity index is 1.74. The third-order valence-electron chi connectivity index (χ3n) is 4.84. The number of hydrogen-bond donors (Lipinski definition) is 1. The molecular weight excluding hydrogens is 382 g/mol. The number of aromatic nitrogens is 4. The molecule has 1 amide bonds. The maximum absolute atomic E-state index is 12.6. The second-order valence-electron chi connectivity index (χ2n) is 7.19. The van der Waals surface area contributed by atoms with E-state index in [2.05, 4.69) is 20.4 Å². The highest BCUT2D eigenvalue weighted by Gasteiger charge is 2.17. The molecule has 0 aliphatic heterocycles. The molecule has 0 aliphatic carbocycles. The van der Waals surface area contributed by atoms with Gasteiger partial charge in [-0.1, -0.05) is 0 Å². The van der Waals surface area contributed by atoms with Crippen molar-refractivity contribution in [3.8, 4) is 17.4 Å². The van der Waals surface area contributed by atoms with Gasteiger partial charge in [-0.3, -0.25) is 4.79 Å². The fourth-order valence-corrected chi connectivity index (χ4v) is 3.32. The predicted molar refractivity (Wildman–Crippen MR) is 113 cm³/mol. The lowest BCUT2D eigenvalue weighted by Crippen LogP contribution is -2.25. The highest BCUT2D eigenvalue weighted by molar-refractivity contribution is 5.79. The molecule has 3 aromatic rings. The number of nitrogens with zero attached hydrogens (tertiary/aromatic N) is 4. The molecule has 158 valence electrons. The number of nitrogens with one attached hydrogen (secondary N) is 1. The summed E-state index contributed by atoms with van der Waals surface area (Å²) in [5.41, 5.74) is 5.16. The first kappa shape index (κ1) is 21.3. The van der Waals surface area contributed by atoms with Crippen LogP contribution in [-0.2, 0) is 17.8 Å². The van der Waals surface area contributed by atoms with E-state index in [1.54, 1.807) is 25.0 Å². The summed E-state index contributed by atoms with van der Waals surface area (Å²) < 4.78 is 12.3. The average Bonchev–Trinajstić information content (AvgIpc) is 2.99. The summed E-state index contributed by atoms with van der Waals surface area (Å²) in [7, 11) is 3.19. The maximum Gasteiger partial charge on any atom is 0.251 e. The van der Waals surface area contributed by atoms with E-state index in [0.717, 1.165) is 33.9 Å². The van der Waals surface area contributed by atoms with E-state index in [-0.39, 0.29) is 12.3 Å². The van der Waals surface area contributed by atoms with Crippen LogP contribution in [0, 0.1) is 27.7 Å². The first-order valence-electron chi connectivity index (χ1n) is 9.67. The van der Waals surface area contributed by atoms with Gasteiger partial charge in [-0.05, 0) is 51.5 Å². The van der Waals surface area contributed by atoms with Crippen LogP contribution in [0.5, 0.6) is 11.5 Å². The molecule has 0 aliphatic rings. The van der Waals surface area contributed by atoms with Crippen LogP contribution in [0.2, 0.25) is 0 Å². The summed E-state index contributed by atoms with van der Waals surface area (Å²) in [4.78, 5) is 21.6. The standard InChI is InChI=1S/C22H27N5O3/c1-13-7-14(2)25-22(24-13)27-16(4)20(15(3)26-27)11-21(28)23-12-17-8-18(29-5)10-19(9-17)30-6/h7-10H,11-12H2,1-6H3,(H,23,28). The topological polar surface area (TPSA) is 91.2 Å². The summed E-state index contributed by atoms with van der Waals surface area (Å²) in [5.74, 6) is 1.78. The number of carbonyl (C=O) groups is 1. The zero-order valence-corrected chi connectivity index (χ0v) is 18.2. The van der Waals surface area contributed by atoms with Crippen LogP contribution < -0.4 is 14.8 Å². The normalized spacial score (nSPS) is 10.7. The summed E-state index contributed by atoms with van der Waals surface area (Å²) in [6.07, 6.45) is 0.226. The highest BCUT2D eigenvalue weighted by atomic mass is 16.5. The Labute approximate surface area is 176 Å². The van der Waals surface area contributed by atoms with E-state index < -0.39 is 0 Å². The molecule has 0 radical (unpaired) electrons.